The average molecular weight is 579 g/mol. The molecular formula is C33H27ClN4O4. The highest BCUT2D eigenvalue weighted by molar-refractivity contribution is 6.19. The third-order valence-electron chi connectivity index (χ3n) is 7.92. The maximum absolute atomic E-state index is 13.9. The van der Waals surface area contributed by atoms with Crippen LogP contribution < -0.4 is 25.4 Å². The van der Waals surface area contributed by atoms with E-state index in [-0.39, 0.29) is 17.7 Å². The average Bonchev–Trinajstić information content (AvgIpc) is 3.71. The Labute approximate surface area is 245 Å². The summed E-state index contributed by atoms with van der Waals surface area (Å²) in [5.41, 5.74) is 4.87. The number of carbonyl (C=O) groups is 3. The van der Waals surface area contributed by atoms with Crippen LogP contribution in [0.5, 0.6) is 5.75 Å². The summed E-state index contributed by atoms with van der Waals surface area (Å²) in [6, 6.07) is 18.6. The molecule has 0 fully saturated rings. The number of alkyl halides is 1. The molecule has 42 heavy (non-hydrogen) atoms. The third kappa shape index (κ3) is 4.44. The van der Waals surface area contributed by atoms with Crippen molar-refractivity contribution in [1.82, 2.24) is 9.97 Å². The van der Waals surface area contributed by atoms with Crippen molar-refractivity contribution in [2.75, 3.05) is 22.6 Å². The van der Waals surface area contributed by atoms with Crippen molar-refractivity contribution >= 4 is 74.7 Å². The van der Waals surface area contributed by atoms with Crippen LogP contribution in [0.1, 0.15) is 52.2 Å². The van der Waals surface area contributed by atoms with Gasteiger partial charge < -0.3 is 24.9 Å². The van der Waals surface area contributed by atoms with Crippen LogP contribution in [0.3, 0.4) is 0 Å². The van der Waals surface area contributed by atoms with Gasteiger partial charge in [-0.05, 0) is 60.0 Å². The molecular weight excluding hydrogens is 552 g/mol. The number of nitrogens with one attached hydrogen (secondary N) is 3. The van der Waals surface area contributed by atoms with E-state index in [1.54, 1.807) is 23.1 Å². The van der Waals surface area contributed by atoms with E-state index in [0.717, 1.165) is 50.6 Å². The van der Waals surface area contributed by atoms with E-state index in [0.29, 0.717) is 40.9 Å². The normalized spacial score (nSPS) is 15.6. The van der Waals surface area contributed by atoms with Gasteiger partial charge in [0.05, 0.1) is 5.69 Å². The third-order valence-corrected chi connectivity index (χ3v) is 8.30. The Morgan fingerprint density at radius 1 is 0.929 bits per heavy atom. The second-order valence-electron chi connectivity index (χ2n) is 10.7. The molecule has 0 bridgehead atoms. The fourth-order valence-corrected chi connectivity index (χ4v) is 6.32. The summed E-state index contributed by atoms with van der Waals surface area (Å²) >= 11 is 6.42. The number of H-pyrrole nitrogens is 2. The minimum Gasteiger partial charge on any atom is -0.426 e. The Bertz CT molecular complexity index is 2020. The minimum atomic E-state index is -0.413. The Hall–Kier alpha value is -4.82. The molecule has 2 amide bonds. The predicted molar refractivity (Wildman–Crippen MR) is 165 cm³/mol. The number of para-hydroxylation sites is 1. The number of ether oxygens (including phenoxy) is 1. The zero-order chi connectivity index (χ0) is 29.0. The highest BCUT2D eigenvalue weighted by Gasteiger charge is 2.35. The molecule has 7 rings (SSSR count). The molecule has 3 heterocycles. The number of esters is 1. The quantitative estimate of drug-likeness (QED) is 0.152. The summed E-state index contributed by atoms with van der Waals surface area (Å²) in [6.07, 6.45) is 5.94. The number of rotatable bonds is 5. The summed E-state index contributed by atoms with van der Waals surface area (Å²) in [5.74, 6) is -0.118. The van der Waals surface area contributed by atoms with Crippen molar-refractivity contribution in [2.45, 2.75) is 25.7 Å². The number of hydrogen-bond acceptors (Lipinski definition) is 4. The highest BCUT2D eigenvalue weighted by atomic mass is 35.5. The lowest BCUT2D eigenvalue weighted by Crippen LogP contribution is -2.34. The van der Waals surface area contributed by atoms with Gasteiger partial charge in [0, 0.05) is 64.0 Å². The Morgan fingerprint density at radius 2 is 1.67 bits per heavy atom. The maximum atomic E-state index is 13.9. The van der Waals surface area contributed by atoms with Gasteiger partial charge in [-0.15, -0.1) is 11.6 Å². The fraction of sp³-hybridized carbons (Fsp3) is 0.182. The van der Waals surface area contributed by atoms with Crippen LogP contribution in [-0.4, -0.2) is 40.2 Å². The molecule has 0 saturated carbocycles. The number of halogens is 1. The number of carbonyl (C=O) groups excluding carboxylic acids is 3. The van der Waals surface area contributed by atoms with Crippen molar-refractivity contribution in [2.24, 2.45) is 0 Å². The van der Waals surface area contributed by atoms with Gasteiger partial charge in [-0.25, -0.2) is 0 Å². The van der Waals surface area contributed by atoms with Gasteiger partial charge in [0.2, 0.25) is 0 Å². The van der Waals surface area contributed by atoms with E-state index >= 15 is 0 Å². The van der Waals surface area contributed by atoms with Crippen LogP contribution in [0.25, 0.3) is 34.0 Å². The van der Waals surface area contributed by atoms with Crippen LogP contribution in [0.4, 0.5) is 11.4 Å². The van der Waals surface area contributed by atoms with Gasteiger partial charge in [0.25, 0.3) is 11.8 Å². The molecule has 1 aliphatic heterocycles. The van der Waals surface area contributed by atoms with Gasteiger partial charge in [-0.2, -0.15) is 0 Å². The number of aromatic nitrogens is 2. The molecule has 5 aromatic rings. The molecule has 1 atom stereocenters. The van der Waals surface area contributed by atoms with Crippen LogP contribution in [-0.2, 0) is 4.79 Å². The number of nitrogens with zero attached hydrogens (tertiary/aromatic N) is 1. The van der Waals surface area contributed by atoms with Crippen LogP contribution in [0.2, 0.25) is 0 Å². The predicted octanol–water partition coefficient (Wildman–Crippen LogP) is 5.16. The summed E-state index contributed by atoms with van der Waals surface area (Å²) in [6.45, 7) is 1.79. The van der Waals surface area contributed by atoms with Crippen molar-refractivity contribution in [1.29, 1.82) is 0 Å². The molecule has 210 valence electrons. The van der Waals surface area contributed by atoms with Gasteiger partial charge in [-0.3, -0.25) is 14.4 Å². The first-order valence-electron chi connectivity index (χ1n) is 13.8. The molecule has 8 nitrogen and oxygen atoms in total. The molecule has 2 aliphatic rings. The van der Waals surface area contributed by atoms with Crippen molar-refractivity contribution in [3.05, 3.63) is 88.1 Å². The van der Waals surface area contributed by atoms with E-state index in [4.69, 9.17) is 16.3 Å². The lowest BCUT2D eigenvalue weighted by atomic mass is 9.95. The molecule has 0 saturated heterocycles. The van der Waals surface area contributed by atoms with E-state index in [9.17, 15) is 14.4 Å². The molecule has 1 aliphatic carbocycles. The Balaban J connectivity index is 1.20. The first kappa shape index (κ1) is 26.1. The van der Waals surface area contributed by atoms with Gasteiger partial charge in [0.1, 0.15) is 17.1 Å². The number of amides is 2. The van der Waals surface area contributed by atoms with E-state index in [2.05, 4.69) is 27.4 Å². The molecule has 3 aromatic carbocycles. The van der Waals surface area contributed by atoms with Gasteiger partial charge in [0.15, 0.2) is 0 Å². The number of hydrogen-bond donors (Lipinski definition) is 3. The molecule has 9 heteroatoms. The number of anilines is 2. The Kier molecular flexibility index (Phi) is 6.35. The molecule has 0 radical (unpaired) electrons. The summed E-state index contributed by atoms with van der Waals surface area (Å²) in [7, 11) is 0. The number of benzene rings is 3. The lowest BCUT2D eigenvalue weighted by Gasteiger charge is -2.18. The maximum Gasteiger partial charge on any atom is 0.308 e. The van der Waals surface area contributed by atoms with Crippen LogP contribution >= 0.6 is 11.6 Å². The summed E-state index contributed by atoms with van der Waals surface area (Å²) in [5, 5.41) is 6.56. The van der Waals surface area contributed by atoms with Crippen molar-refractivity contribution in [3.8, 4) is 5.75 Å². The largest absolute Gasteiger partial charge is 0.426 e. The summed E-state index contributed by atoms with van der Waals surface area (Å²) in [4.78, 5) is 46.8. The first-order chi connectivity index (χ1) is 20.4. The fourth-order valence-electron chi connectivity index (χ4n) is 6.07. The van der Waals surface area contributed by atoms with Crippen LogP contribution in [0.15, 0.2) is 60.7 Å². The first-order valence-corrected chi connectivity index (χ1v) is 14.4. The number of aromatic amines is 2. The topological polar surface area (TPSA) is 107 Å². The van der Waals surface area contributed by atoms with Gasteiger partial charge in [-0.1, -0.05) is 30.4 Å². The molecule has 3 N–H and O–H groups in total. The lowest BCUT2D eigenvalue weighted by molar-refractivity contribution is -0.131. The second-order valence-corrected chi connectivity index (χ2v) is 11.0. The standard InChI is InChI=1S/C33H27ClN4O4/c1-18(39)42-30-15-29-31(24-8-4-3-7-23(24)30)21(16-34)17-38(29)33(41)28-14-20-12-22(10-11-26(20)37-28)35-32(40)27-13-19-6-2-5-9-25(19)36-27/h2,5-15,21,36-37H,3-4,16-17H2,1H3,(H,35,40). The highest BCUT2D eigenvalue weighted by Crippen LogP contribution is 2.37. The van der Waals surface area contributed by atoms with E-state index in [1.807, 2.05) is 42.5 Å². The summed E-state index contributed by atoms with van der Waals surface area (Å²) < 4.78 is 5.58. The second kappa shape index (κ2) is 10.2. The monoisotopic (exact) mass is 578 g/mol. The molecule has 1 unspecified atom stereocenters. The smallest absolute Gasteiger partial charge is 0.308 e. The van der Waals surface area contributed by atoms with E-state index in [1.165, 1.54) is 6.92 Å². The Morgan fingerprint density at radius 3 is 2.45 bits per heavy atom. The van der Waals surface area contributed by atoms with Gasteiger partial charge >= 0.3 is 5.97 Å². The van der Waals surface area contributed by atoms with Crippen LogP contribution in [0, 0.1) is 0 Å². The molecule has 2 aromatic heterocycles. The zero-order valence-corrected chi connectivity index (χ0v) is 23.5. The zero-order valence-electron chi connectivity index (χ0n) is 22.8. The SMILES string of the molecule is CC(=O)Oc1cc2c(c3c1=CCCC=3)C(CCl)CN2C(=O)c1cc2cc(NC(=O)c3cc4ccccc4[nH]3)ccc2[nH]1. The number of fused-ring (bicyclic) bond motifs is 5. The molecule has 0 spiro atoms. The van der Waals surface area contributed by atoms with Crippen molar-refractivity contribution in [3.63, 3.8) is 0 Å². The minimum absolute atomic E-state index is 0.0515. The van der Waals surface area contributed by atoms with E-state index < -0.39 is 5.97 Å². The van der Waals surface area contributed by atoms with Crippen molar-refractivity contribution < 1.29 is 19.1 Å².